The van der Waals surface area contributed by atoms with Crippen molar-refractivity contribution in [3.8, 4) is 11.1 Å². The molecule has 7 nitrogen and oxygen atoms in total. The summed E-state index contributed by atoms with van der Waals surface area (Å²) < 4.78 is 39.1. The summed E-state index contributed by atoms with van der Waals surface area (Å²) in [5.74, 6) is -1.12. The molecule has 0 aliphatic rings. The third-order valence-electron chi connectivity index (χ3n) is 4.81. The van der Waals surface area contributed by atoms with Crippen LogP contribution in [0.5, 0.6) is 0 Å². The summed E-state index contributed by atoms with van der Waals surface area (Å²) >= 11 is 5.59. The van der Waals surface area contributed by atoms with Crippen molar-refractivity contribution in [1.82, 2.24) is 10.3 Å². The van der Waals surface area contributed by atoms with E-state index >= 15 is 0 Å². The molecule has 1 atom stereocenters. The van der Waals surface area contributed by atoms with Crippen LogP contribution in [0.15, 0.2) is 60.8 Å². The maximum Gasteiger partial charge on any atom is 0.417 e. The van der Waals surface area contributed by atoms with Crippen molar-refractivity contribution in [1.29, 1.82) is 0 Å². The lowest BCUT2D eigenvalue weighted by atomic mass is 10.0. The molecular weight excluding hydrogens is 485 g/mol. The highest BCUT2D eigenvalue weighted by atomic mass is 35.5. The van der Waals surface area contributed by atoms with Gasteiger partial charge in [-0.15, -0.1) is 0 Å². The Labute approximate surface area is 203 Å². The van der Waals surface area contributed by atoms with Gasteiger partial charge in [-0.05, 0) is 55.0 Å². The molecule has 0 radical (unpaired) electrons. The van der Waals surface area contributed by atoms with Crippen LogP contribution in [0.25, 0.3) is 11.1 Å². The second-order valence-electron chi connectivity index (χ2n) is 7.57. The van der Waals surface area contributed by atoms with E-state index in [0.29, 0.717) is 16.9 Å². The molecule has 0 spiro atoms. The minimum atomic E-state index is -4.68. The van der Waals surface area contributed by atoms with Crippen LogP contribution in [0.1, 0.15) is 29.8 Å². The monoisotopic (exact) mass is 504 g/mol. The zero-order chi connectivity index (χ0) is 25.8. The number of carbonyl (C=O) groups is 3. The Bertz CT molecular complexity index is 1260. The fourth-order valence-electron chi connectivity index (χ4n) is 3.08. The van der Waals surface area contributed by atoms with Gasteiger partial charge in [0.25, 0.3) is 5.91 Å². The molecule has 3 rings (SSSR count). The van der Waals surface area contributed by atoms with Gasteiger partial charge in [-0.1, -0.05) is 23.7 Å². The fraction of sp³-hybridized carbons (Fsp3) is 0.167. The average molecular weight is 505 g/mol. The van der Waals surface area contributed by atoms with Crippen LogP contribution < -0.4 is 16.0 Å². The largest absolute Gasteiger partial charge is 0.417 e. The Balaban J connectivity index is 1.67. The summed E-state index contributed by atoms with van der Waals surface area (Å²) in [5.41, 5.74) is 0.453. The van der Waals surface area contributed by atoms with Gasteiger partial charge in [-0.2, -0.15) is 13.2 Å². The van der Waals surface area contributed by atoms with Crippen LogP contribution >= 0.6 is 11.6 Å². The first-order chi connectivity index (χ1) is 16.4. The van der Waals surface area contributed by atoms with Crippen molar-refractivity contribution in [3.63, 3.8) is 0 Å². The molecule has 182 valence electrons. The highest BCUT2D eigenvalue weighted by Gasteiger charge is 2.33. The number of hydrogen-bond acceptors (Lipinski definition) is 4. The van der Waals surface area contributed by atoms with Gasteiger partial charge in [-0.3, -0.25) is 14.4 Å². The molecule has 3 aromatic rings. The smallest absolute Gasteiger partial charge is 0.341 e. The van der Waals surface area contributed by atoms with Crippen molar-refractivity contribution < 1.29 is 27.6 Å². The second-order valence-corrected chi connectivity index (χ2v) is 7.98. The lowest BCUT2D eigenvalue weighted by Gasteiger charge is -2.16. The van der Waals surface area contributed by atoms with Gasteiger partial charge in [0, 0.05) is 29.9 Å². The van der Waals surface area contributed by atoms with Crippen LogP contribution in [0.4, 0.5) is 24.7 Å². The summed E-state index contributed by atoms with van der Waals surface area (Å²) in [6.07, 6.45) is -3.14. The van der Waals surface area contributed by atoms with Crippen LogP contribution in [0.2, 0.25) is 5.02 Å². The molecule has 0 fully saturated rings. The van der Waals surface area contributed by atoms with Crippen LogP contribution in [-0.2, 0) is 15.8 Å². The molecular formula is C24H20ClF3N4O3. The van der Waals surface area contributed by atoms with Gasteiger partial charge in [0.15, 0.2) is 0 Å². The number of nitrogens with zero attached hydrogens (tertiary/aromatic N) is 1. The Morgan fingerprint density at radius 3 is 2.34 bits per heavy atom. The zero-order valence-electron chi connectivity index (χ0n) is 18.5. The topological polar surface area (TPSA) is 100 Å². The van der Waals surface area contributed by atoms with Crippen LogP contribution in [0.3, 0.4) is 0 Å². The predicted molar refractivity (Wildman–Crippen MR) is 126 cm³/mol. The second kappa shape index (κ2) is 10.6. The quantitative estimate of drug-likeness (QED) is 0.433. The van der Waals surface area contributed by atoms with Gasteiger partial charge >= 0.3 is 6.18 Å². The van der Waals surface area contributed by atoms with Gasteiger partial charge in [0.2, 0.25) is 11.8 Å². The molecule has 0 aliphatic heterocycles. The minimum absolute atomic E-state index is 0.106. The fourth-order valence-corrected chi connectivity index (χ4v) is 3.30. The summed E-state index contributed by atoms with van der Waals surface area (Å²) in [4.78, 5) is 40.4. The standard InChI is InChI=1S/C24H20ClF3N4O3/c1-13(22(34)32-18-7-8-20(25)19(11-18)24(26,27)28)30-23(35)16-5-3-4-15(10-16)17-6-9-21(29-12-17)31-14(2)33/h3-13H,1-2H3,(H,30,35)(H,32,34)(H,29,31,33)/t13-/m1/s1. The van der Waals surface area contributed by atoms with Crippen molar-refractivity contribution in [2.45, 2.75) is 26.1 Å². The van der Waals surface area contributed by atoms with Gasteiger partial charge in [0.1, 0.15) is 11.9 Å². The third kappa shape index (κ3) is 6.80. The molecule has 3 N–H and O–H groups in total. The molecule has 1 aromatic heterocycles. The summed E-state index contributed by atoms with van der Waals surface area (Å²) in [5, 5.41) is 6.94. The summed E-state index contributed by atoms with van der Waals surface area (Å²) in [6.45, 7) is 2.77. The molecule has 3 amide bonds. The number of alkyl halides is 3. The number of anilines is 2. The van der Waals surface area contributed by atoms with Crippen molar-refractivity contribution >= 4 is 40.8 Å². The molecule has 1 heterocycles. The van der Waals surface area contributed by atoms with Gasteiger partial charge < -0.3 is 16.0 Å². The van der Waals surface area contributed by atoms with Crippen molar-refractivity contribution in [2.24, 2.45) is 0 Å². The predicted octanol–water partition coefficient (Wildman–Crippen LogP) is 5.14. The van der Waals surface area contributed by atoms with E-state index in [2.05, 4.69) is 20.9 Å². The maximum atomic E-state index is 13.0. The number of nitrogens with one attached hydrogen (secondary N) is 3. The molecule has 35 heavy (non-hydrogen) atoms. The lowest BCUT2D eigenvalue weighted by Crippen LogP contribution is -2.41. The zero-order valence-corrected chi connectivity index (χ0v) is 19.3. The number of amides is 3. The van der Waals surface area contributed by atoms with Crippen molar-refractivity contribution in [2.75, 3.05) is 10.6 Å². The van der Waals surface area contributed by atoms with Gasteiger partial charge in [0.05, 0.1) is 10.6 Å². The van der Waals surface area contributed by atoms with E-state index in [9.17, 15) is 27.6 Å². The molecule has 2 aromatic carbocycles. The highest BCUT2D eigenvalue weighted by molar-refractivity contribution is 6.31. The van der Waals surface area contributed by atoms with E-state index in [1.54, 1.807) is 42.6 Å². The highest BCUT2D eigenvalue weighted by Crippen LogP contribution is 2.36. The number of aromatic nitrogens is 1. The molecule has 0 saturated heterocycles. The molecule has 0 saturated carbocycles. The lowest BCUT2D eigenvalue weighted by molar-refractivity contribution is -0.137. The number of rotatable bonds is 6. The van der Waals surface area contributed by atoms with Crippen LogP contribution in [0, 0.1) is 0 Å². The van der Waals surface area contributed by atoms with Crippen molar-refractivity contribution in [3.05, 3.63) is 76.9 Å². The molecule has 0 aliphatic carbocycles. The molecule has 0 bridgehead atoms. The SMILES string of the molecule is CC(=O)Nc1ccc(-c2cccc(C(=O)N[C@H](C)C(=O)Nc3ccc(Cl)c(C(F)(F)F)c3)c2)cn1. The molecule has 11 heteroatoms. The normalized spacial score (nSPS) is 11.9. The Hall–Kier alpha value is -3.92. The average Bonchev–Trinajstić information content (AvgIpc) is 2.79. The van der Waals surface area contributed by atoms with E-state index in [0.717, 1.165) is 12.1 Å². The number of halogens is 4. The first kappa shape index (κ1) is 25.7. The van der Waals surface area contributed by atoms with E-state index in [4.69, 9.17) is 11.6 Å². The number of hydrogen-bond donors (Lipinski definition) is 3. The molecule has 0 unspecified atom stereocenters. The minimum Gasteiger partial charge on any atom is -0.341 e. The Morgan fingerprint density at radius 1 is 0.971 bits per heavy atom. The summed E-state index contributed by atoms with van der Waals surface area (Å²) in [7, 11) is 0. The first-order valence-corrected chi connectivity index (χ1v) is 10.6. The number of carbonyl (C=O) groups excluding carboxylic acids is 3. The number of benzene rings is 2. The van der Waals surface area contributed by atoms with Crippen LogP contribution in [-0.4, -0.2) is 28.7 Å². The number of pyridine rings is 1. The summed E-state index contributed by atoms with van der Waals surface area (Å²) in [6, 6.07) is 11.9. The van der Waals surface area contributed by atoms with Gasteiger partial charge in [-0.25, -0.2) is 4.98 Å². The maximum absolute atomic E-state index is 13.0. The van der Waals surface area contributed by atoms with E-state index < -0.39 is 34.6 Å². The Morgan fingerprint density at radius 2 is 1.71 bits per heavy atom. The van der Waals surface area contributed by atoms with E-state index in [-0.39, 0.29) is 17.2 Å². The van der Waals surface area contributed by atoms with E-state index in [1.165, 1.54) is 19.9 Å². The Kier molecular flexibility index (Phi) is 7.75. The first-order valence-electron chi connectivity index (χ1n) is 10.3. The van der Waals surface area contributed by atoms with E-state index in [1.807, 2.05) is 0 Å². The third-order valence-corrected chi connectivity index (χ3v) is 5.14.